The van der Waals surface area contributed by atoms with E-state index < -0.39 is 0 Å². The quantitative estimate of drug-likeness (QED) is 0.733. The third kappa shape index (κ3) is 4.13. The molecule has 3 fully saturated rings. The molecule has 4 heterocycles. The van der Waals surface area contributed by atoms with Crippen LogP contribution in [0.5, 0.6) is 6.01 Å². The molecule has 0 amide bonds. The Morgan fingerprint density at radius 2 is 1.80 bits per heavy atom. The predicted octanol–water partition coefficient (Wildman–Crippen LogP) is 3.55. The van der Waals surface area contributed by atoms with Crippen LogP contribution in [-0.2, 0) is 25.7 Å². The van der Waals surface area contributed by atoms with Crippen LogP contribution in [0.25, 0.3) is 0 Å². The van der Waals surface area contributed by atoms with Gasteiger partial charge in [-0.1, -0.05) is 24.3 Å². The van der Waals surface area contributed by atoms with Gasteiger partial charge in [-0.25, -0.2) is 0 Å². The number of ether oxygens (including phenoxy) is 1. The molecule has 2 bridgehead atoms. The van der Waals surface area contributed by atoms with Gasteiger partial charge < -0.3 is 19.9 Å². The first kappa shape index (κ1) is 22.1. The summed E-state index contributed by atoms with van der Waals surface area (Å²) in [6.45, 7) is 3.98. The van der Waals surface area contributed by atoms with E-state index in [9.17, 15) is 0 Å². The number of aromatic nitrogens is 2. The van der Waals surface area contributed by atoms with Gasteiger partial charge in [0.25, 0.3) is 0 Å². The van der Waals surface area contributed by atoms with Crippen LogP contribution >= 0.6 is 0 Å². The lowest BCUT2D eigenvalue weighted by Crippen LogP contribution is -2.52. The van der Waals surface area contributed by atoms with Crippen molar-refractivity contribution in [1.82, 2.24) is 20.2 Å². The van der Waals surface area contributed by atoms with Crippen LogP contribution in [0, 0.1) is 5.41 Å². The number of piperazine rings is 1. The SMILES string of the molecule is CN1CCC[C@H]1COc1nc2c(c(N3C[C@H]4CC[C@@H](C3)N4)n1)CC[C@]1(CCc3ccccc3C1)C2. The van der Waals surface area contributed by atoms with Crippen molar-refractivity contribution in [2.45, 2.75) is 82.3 Å². The summed E-state index contributed by atoms with van der Waals surface area (Å²) in [7, 11) is 2.21. The summed E-state index contributed by atoms with van der Waals surface area (Å²) in [6, 6.07) is 11.4. The Bertz CT molecular complexity index is 1090. The van der Waals surface area contributed by atoms with E-state index in [4.69, 9.17) is 14.7 Å². The normalized spacial score (nSPS) is 32.0. The largest absolute Gasteiger partial charge is 0.462 e. The highest BCUT2D eigenvalue weighted by molar-refractivity contribution is 5.53. The van der Waals surface area contributed by atoms with Gasteiger partial charge in [0.2, 0.25) is 0 Å². The van der Waals surface area contributed by atoms with Gasteiger partial charge in [0.1, 0.15) is 12.4 Å². The summed E-state index contributed by atoms with van der Waals surface area (Å²) in [6.07, 6.45) is 12.1. The minimum atomic E-state index is 0.332. The zero-order valence-electron chi connectivity index (χ0n) is 21.1. The van der Waals surface area contributed by atoms with Crippen LogP contribution < -0.4 is 15.0 Å². The van der Waals surface area contributed by atoms with E-state index in [2.05, 4.69) is 46.4 Å². The van der Waals surface area contributed by atoms with Gasteiger partial charge in [-0.15, -0.1) is 0 Å². The molecule has 1 spiro atoms. The second-order valence-electron chi connectivity index (χ2n) is 12.0. The highest BCUT2D eigenvalue weighted by atomic mass is 16.5. The van der Waals surface area contributed by atoms with Crippen LogP contribution in [0.15, 0.2) is 24.3 Å². The molecular weight excluding hydrogens is 434 g/mol. The van der Waals surface area contributed by atoms with E-state index >= 15 is 0 Å². The molecule has 35 heavy (non-hydrogen) atoms. The molecule has 2 aromatic rings. The van der Waals surface area contributed by atoms with Crippen molar-refractivity contribution in [1.29, 1.82) is 0 Å². The third-order valence-electron chi connectivity index (χ3n) is 9.70. The van der Waals surface area contributed by atoms with Crippen LogP contribution in [-0.4, -0.2) is 66.3 Å². The zero-order valence-corrected chi connectivity index (χ0v) is 21.1. The predicted molar refractivity (Wildman–Crippen MR) is 138 cm³/mol. The van der Waals surface area contributed by atoms with E-state index in [0.29, 0.717) is 36.2 Å². The fourth-order valence-electron chi connectivity index (χ4n) is 7.62. The van der Waals surface area contributed by atoms with E-state index in [0.717, 1.165) is 32.5 Å². The maximum absolute atomic E-state index is 6.35. The molecule has 7 rings (SSSR count). The summed E-state index contributed by atoms with van der Waals surface area (Å²) in [5.41, 5.74) is 6.10. The molecular formula is C29H39N5O. The first-order chi connectivity index (χ1) is 17.1. The van der Waals surface area contributed by atoms with Crippen molar-refractivity contribution < 1.29 is 4.74 Å². The lowest BCUT2D eigenvalue weighted by atomic mass is 9.63. The molecule has 3 aliphatic heterocycles. The molecule has 1 aromatic carbocycles. The Morgan fingerprint density at radius 1 is 1.00 bits per heavy atom. The number of anilines is 1. The first-order valence-electron chi connectivity index (χ1n) is 13.9. The average Bonchev–Trinajstić information content (AvgIpc) is 3.45. The minimum absolute atomic E-state index is 0.332. The maximum atomic E-state index is 6.35. The Morgan fingerprint density at radius 3 is 2.60 bits per heavy atom. The Hall–Kier alpha value is -2.18. The molecule has 1 N–H and O–H groups in total. The molecule has 0 saturated carbocycles. The molecule has 186 valence electrons. The Labute approximate surface area is 209 Å². The van der Waals surface area contributed by atoms with Crippen LogP contribution in [0.1, 0.15) is 60.9 Å². The summed E-state index contributed by atoms with van der Waals surface area (Å²) in [4.78, 5) is 15.2. The smallest absolute Gasteiger partial charge is 0.318 e. The number of hydrogen-bond donors (Lipinski definition) is 1. The van der Waals surface area contributed by atoms with Crippen molar-refractivity contribution in [2.75, 3.05) is 38.2 Å². The topological polar surface area (TPSA) is 53.5 Å². The molecule has 5 aliphatic rings. The molecule has 1 aromatic heterocycles. The van der Waals surface area contributed by atoms with Gasteiger partial charge in [-0.05, 0) is 94.3 Å². The third-order valence-corrected chi connectivity index (χ3v) is 9.70. The number of likely N-dealkylation sites (N-methyl/N-ethyl adjacent to an activating group) is 1. The van der Waals surface area contributed by atoms with Crippen LogP contribution in [0.3, 0.4) is 0 Å². The Balaban J connectivity index is 1.20. The van der Waals surface area contributed by atoms with Crippen LogP contribution in [0.4, 0.5) is 5.82 Å². The van der Waals surface area contributed by atoms with Gasteiger partial charge >= 0.3 is 6.01 Å². The summed E-state index contributed by atoms with van der Waals surface area (Å²) >= 11 is 0. The van der Waals surface area contributed by atoms with Gasteiger partial charge in [-0.2, -0.15) is 9.97 Å². The molecule has 0 radical (unpaired) electrons. The van der Waals surface area contributed by atoms with Crippen molar-refractivity contribution in [2.24, 2.45) is 5.41 Å². The average molecular weight is 474 g/mol. The summed E-state index contributed by atoms with van der Waals surface area (Å²) in [5, 5.41) is 3.79. The van der Waals surface area contributed by atoms with Crippen molar-refractivity contribution in [3.63, 3.8) is 0 Å². The number of rotatable bonds is 4. The molecule has 3 saturated heterocycles. The number of likely N-dealkylation sites (tertiary alicyclic amines) is 1. The van der Waals surface area contributed by atoms with E-state index in [-0.39, 0.29) is 0 Å². The summed E-state index contributed by atoms with van der Waals surface area (Å²) < 4.78 is 6.35. The maximum Gasteiger partial charge on any atom is 0.318 e. The van der Waals surface area contributed by atoms with E-state index in [1.807, 2.05) is 0 Å². The van der Waals surface area contributed by atoms with Gasteiger partial charge in [0, 0.05) is 36.8 Å². The van der Waals surface area contributed by atoms with Crippen molar-refractivity contribution >= 4 is 5.82 Å². The van der Waals surface area contributed by atoms with Crippen molar-refractivity contribution in [3.8, 4) is 6.01 Å². The molecule has 4 atom stereocenters. The van der Waals surface area contributed by atoms with Gasteiger partial charge in [-0.3, -0.25) is 0 Å². The number of nitrogens with zero attached hydrogens (tertiary/aromatic N) is 4. The molecule has 2 aliphatic carbocycles. The monoisotopic (exact) mass is 473 g/mol. The lowest BCUT2D eigenvalue weighted by Gasteiger charge is -2.43. The Kier molecular flexibility index (Phi) is 5.50. The van der Waals surface area contributed by atoms with Gasteiger partial charge in [0.05, 0.1) is 5.69 Å². The zero-order chi connectivity index (χ0) is 23.4. The fraction of sp³-hybridized carbons (Fsp3) is 0.655. The van der Waals surface area contributed by atoms with Crippen molar-refractivity contribution in [3.05, 3.63) is 46.6 Å². The molecule has 0 unspecified atom stereocenters. The molecule has 6 nitrogen and oxygen atoms in total. The van der Waals surface area contributed by atoms with Gasteiger partial charge in [0.15, 0.2) is 0 Å². The lowest BCUT2D eigenvalue weighted by molar-refractivity contribution is 0.182. The second-order valence-corrected chi connectivity index (χ2v) is 12.0. The van der Waals surface area contributed by atoms with E-state index in [1.165, 1.54) is 68.4 Å². The second kappa shape index (κ2) is 8.74. The minimum Gasteiger partial charge on any atom is -0.462 e. The standard InChI is InChI=1S/C29H39N5O/c1-33-14-4-7-24(33)19-35-28-31-26-16-29(12-10-20-5-2-3-6-21(20)15-29)13-11-25(26)27(32-28)34-17-22-8-9-23(18-34)30-22/h2-3,5-6,22-24,30H,4,7-19H2,1H3/t22-,23+,24-,29-/m0/s1. The van der Waals surface area contributed by atoms with Crippen LogP contribution in [0.2, 0.25) is 0 Å². The summed E-state index contributed by atoms with van der Waals surface area (Å²) in [5.74, 6) is 1.18. The fourth-order valence-corrected chi connectivity index (χ4v) is 7.62. The first-order valence-corrected chi connectivity index (χ1v) is 13.9. The number of aryl methyl sites for hydroxylation is 1. The number of benzene rings is 1. The highest BCUT2D eigenvalue weighted by Crippen LogP contribution is 2.47. The number of hydrogen-bond acceptors (Lipinski definition) is 6. The number of nitrogens with one attached hydrogen (secondary N) is 1. The highest BCUT2D eigenvalue weighted by Gasteiger charge is 2.41. The number of fused-ring (bicyclic) bond motifs is 4. The molecule has 6 heteroatoms. The van der Waals surface area contributed by atoms with E-state index in [1.54, 1.807) is 11.1 Å².